The Bertz CT molecular complexity index is 239. The summed E-state index contributed by atoms with van der Waals surface area (Å²) in [7, 11) is 0. The number of rotatable bonds is 5. The second kappa shape index (κ2) is 5.81. The average Bonchev–Trinajstić information content (AvgIpc) is 2.86. The van der Waals surface area contributed by atoms with Crippen molar-refractivity contribution < 1.29 is 4.79 Å². The van der Waals surface area contributed by atoms with Gasteiger partial charge in [0.25, 0.3) is 0 Å². The molecule has 0 bridgehead atoms. The molecule has 0 radical (unpaired) electrons. The van der Waals surface area contributed by atoms with Crippen molar-refractivity contribution in [1.29, 1.82) is 0 Å². The predicted octanol–water partition coefficient (Wildman–Crippen LogP) is 2.87. The Hall–Kier alpha value is -0.370. The lowest BCUT2D eigenvalue weighted by atomic mass is 10.0. The molecular weight excluding hydrogens is 198 g/mol. The normalized spacial score (nSPS) is 31.4. The summed E-state index contributed by atoms with van der Waals surface area (Å²) in [6.45, 7) is 6.00. The van der Waals surface area contributed by atoms with Gasteiger partial charge in [0.2, 0.25) is 0 Å². The van der Waals surface area contributed by atoms with Crippen LogP contribution >= 0.6 is 0 Å². The third-order valence-electron chi connectivity index (χ3n) is 4.29. The smallest absolute Gasteiger partial charge is 0.136 e. The Balaban J connectivity index is 1.65. The molecule has 1 heterocycles. The van der Waals surface area contributed by atoms with Crippen molar-refractivity contribution >= 4 is 5.78 Å². The molecule has 0 amide bonds. The Morgan fingerprint density at radius 2 is 2.19 bits per heavy atom. The van der Waals surface area contributed by atoms with Crippen molar-refractivity contribution in [2.24, 2.45) is 11.8 Å². The van der Waals surface area contributed by atoms with Gasteiger partial charge in [-0.2, -0.15) is 0 Å². The van der Waals surface area contributed by atoms with E-state index in [-0.39, 0.29) is 0 Å². The van der Waals surface area contributed by atoms with Gasteiger partial charge in [-0.05, 0) is 51.1 Å². The predicted molar refractivity (Wildman–Crippen MR) is 66.4 cm³/mol. The van der Waals surface area contributed by atoms with Crippen LogP contribution in [0.15, 0.2) is 0 Å². The van der Waals surface area contributed by atoms with E-state index in [1.807, 2.05) is 0 Å². The molecule has 2 rings (SSSR count). The molecule has 0 aromatic carbocycles. The molecule has 2 aliphatic rings. The molecule has 1 saturated carbocycles. The molecule has 0 aromatic rings. The molecule has 1 saturated heterocycles. The van der Waals surface area contributed by atoms with E-state index in [4.69, 9.17) is 0 Å². The number of hydrogen-bond donors (Lipinski definition) is 0. The topological polar surface area (TPSA) is 20.3 Å². The van der Waals surface area contributed by atoms with Gasteiger partial charge in [0.05, 0.1) is 0 Å². The number of carbonyl (C=O) groups excluding carboxylic acids is 1. The molecule has 2 atom stereocenters. The first-order chi connectivity index (χ1) is 7.79. The van der Waals surface area contributed by atoms with Crippen LogP contribution in [0.2, 0.25) is 0 Å². The van der Waals surface area contributed by atoms with Crippen LogP contribution in [0, 0.1) is 11.8 Å². The highest BCUT2D eigenvalue weighted by molar-refractivity contribution is 5.82. The van der Waals surface area contributed by atoms with E-state index >= 15 is 0 Å². The summed E-state index contributed by atoms with van der Waals surface area (Å²) in [5.74, 6) is 1.87. The first-order valence-corrected chi connectivity index (χ1v) is 7.04. The van der Waals surface area contributed by atoms with Crippen molar-refractivity contribution in [2.75, 3.05) is 19.6 Å². The lowest BCUT2D eigenvalue weighted by molar-refractivity contribution is -0.120. The van der Waals surface area contributed by atoms with Gasteiger partial charge in [-0.25, -0.2) is 0 Å². The van der Waals surface area contributed by atoms with Crippen LogP contribution in [0.4, 0.5) is 0 Å². The SMILES string of the molecule is CCCC1CCN(CCC2CCCC2=O)C1. The van der Waals surface area contributed by atoms with E-state index in [9.17, 15) is 4.79 Å². The monoisotopic (exact) mass is 223 g/mol. The third-order valence-corrected chi connectivity index (χ3v) is 4.29. The molecule has 2 fully saturated rings. The van der Waals surface area contributed by atoms with E-state index in [1.54, 1.807) is 0 Å². The van der Waals surface area contributed by atoms with Gasteiger partial charge < -0.3 is 4.90 Å². The van der Waals surface area contributed by atoms with Gasteiger partial charge >= 0.3 is 0 Å². The molecule has 1 aliphatic carbocycles. The summed E-state index contributed by atoms with van der Waals surface area (Å²) in [6, 6.07) is 0. The molecule has 0 aromatic heterocycles. The number of nitrogens with zero attached hydrogens (tertiary/aromatic N) is 1. The van der Waals surface area contributed by atoms with Gasteiger partial charge in [-0.3, -0.25) is 4.79 Å². The number of Topliss-reactive ketones (excluding diaryl/α,β-unsaturated/α-hetero) is 1. The molecule has 0 spiro atoms. The van der Waals surface area contributed by atoms with Crippen LogP contribution < -0.4 is 0 Å². The van der Waals surface area contributed by atoms with Crippen molar-refractivity contribution in [3.05, 3.63) is 0 Å². The summed E-state index contributed by atoms with van der Waals surface area (Å²) < 4.78 is 0. The fourth-order valence-corrected chi connectivity index (χ4v) is 3.29. The zero-order valence-electron chi connectivity index (χ0n) is 10.6. The highest BCUT2D eigenvalue weighted by Crippen LogP contribution is 2.26. The van der Waals surface area contributed by atoms with Gasteiger partial charge in [0, 0.05) is 18.9 Å². The van der Waals surface area contributed by atoms with Crippen LogP contribution in [0.1, 0.15) is 51.9 Å². The standard InChI is InChI=1S/C14H25NO/c1-2-4-12-7-9-15(11-12)10-8-13-5-3-6-14(13)16/h12-13H,2-11H2,1H3. The van der Waals surface area contributed by atoms with Crippen molar-refractivity contribution in [3.63, 3.8) is 0 Å². The molecule has 2 heteroatoms. The Labute approximate surface area is 99.4 Å². The Morgan fingerprint density at radius 3 is 2.88 bits per heavy atom. The molecule has 2 unspecified atom stereocenters. The number of carbonyl (C=O) groups is 1. The molecule has 2 nitrogen and oxygen atoms in total. The van der Waals surface area contributed by atoms with Crippen LogP contribution in [0.3, 0.4) is 0 Å². The second-order valence-electron chi connectivity index (χ2n) is 5.59. The van der Waals surface area contributed by atoms with E-state index in [0.29, 0.717) is 11.7 Å². The summed E-state index contributed by atoms with van der Waals surface area (Å²) in [5, 5.41) is 0. The lowest BCUT2D eigenvalue weighted by Crippen LogP contribution is -2.24. The van der Waals surface area contributed by atoms with E-state index in [1.165, 1.54) is 32.4 Å². The number of hydrogen-bond acceptors (Lipinski definition) is 2. The zero-order valence-corrected chi connectivity index (χ0v) is 10.6. The van der Waals surface area contributed by atoms with Crippen LogP contribution in [-0.2, 0) is 4.79 Å². The fraction of sp³-hybridized carbons (Fsp3) is 0.929. The Kier molecular flexibility index (Phi) is 4.39. The molecular formula is C14H25NO. The maximum Gasteiger partial charge on any atom is 0.136 e. The summed E-state index contributed by atoms with van der Waals surface area (Å²) in [5.41, 5.74) is 0. The van der Waals surface area contributed by atoms with Gasteiger partial charge in [-0.1, -0.05) is 13.3 Å². The Morgan fingerprint density at radius 1 is 1.31 bits per heavy atom. The first kappa shape index (κ1) is 12.1. The number of likely N-dealkylation sites (tertiary alicyclic amines) is 1. The van der Waals surface area contributed by atoms with Crippen LogP contribution in [-0.4, -0.2) is 30.3 Å². The zero-order chi connectivity index (χ0) is 11.4. The van der Waals surface area contributed by atoms with E-state index < -0.39 is 0 Å². The van der Waals surface area contributed by atoms with Crippen LogP contribution in [0.5, 0.6) is 0 Å². The molecule has 16 heavy (non-hydrogen) atoms. The average molecular weight is 223 g/mol. The first-order valence-electron chi connectivity index (χ1n) is 7.04. The summed E-state index contributed by atoms with van der Waals surface area (Å²) >= 11 is 0. The van der Waals surface area contributed by atoms with Crippen LogP contribution in [0.25, 0.3) is 0 Å². The molecule has 92 valence electrons. The van der Waals surface area contributed by atoms with E-state index in [0.717, 1.165) is 38.1 Å². The summed E-state index contributed by atoms with van der Waals surface area (Å²) in [4.78, 5) is 14.1. The maximum absolute atomic E-state index is 11.5. The highest BCUT2D eigenvalue weighted by atomic mass is 16.1. The number of ketones is 1. The largest absolute Gasteiger partial charge is 0.303 e. The molecule has 1 aliphatic heterocycles. The molecule has 0 N–H and O–H groups in total. The van der Waals surface area contributed by atoms with Gasteiger partial charge in [0.15, 0.2) is 0 Å². The minimum atomic E-state index is 0.408. The highest BCUT2D eigenvalue weighted by Gasteiger charge is 2.26. The maximum atomic E-state index is 11.5. The summed E-state index contributed by atoms with van der Waals surface area (Å²) in [6.07, 6.45) is 8.36. The van der Waals surface area contributed by atoms with Gasteiger partial charge in [-0.15, -0.1) is 0 Å². The third kappa shape index (κ3) is 3.07. The van der Waals surface area contributed by atoms with Gasteiger partial charge in [0.1, 0.15) is 5.78 Å². The second-order valence-corrected chi connectivity index (χ2v) is 5.59. The van der Waals surface area contributed by atoms with E-state index in [2.05, 4.69) is 11.8 Å². The van der Waals surface area contributed by atoms with Crippen molar-refractivity contribution in [2.45, 2.75) is 51.9 Å². The van der Waals surface area contributed by atoms with Crippen molar-refractivity contribution in [1.82, 2.24) is 4.90 Å². The van der Waals surface area contributed by atoms with Crippen molar-refractivity contribution in [3.8, 4) is 0 Å². The minimum absolute atomic E-state index is 0.408. The minimum Gasteiger partial charge on any atom is -0.303 e. The quantitative estimate of drug-likeness (QED) is 0.714. The lowest BCUT2D eigenvalue weighted by Gasteiger charge is -2.17. The fourth-order valence-electron chi connectivity index (χ4n) is 3.29.